The summed E-state index contributed by atoms with van der Waals surface area (Å²) in [4.78, 5) is 4.00. The van der Waals surface area contributed by atoms with E-state index in [0.717, 1.165) is 5.56 Å². The molecule has 0 saturated carbocycles. The van der Waals surface area contributed by atoms with Crippen molar-refractivity contribution in [3.8, 4) is 0 Å². The highest BCUT2D eigenvalue weighted by molar-refractivity contribution is 5.79. The molecule has 2 N–H and O–H groups in total. The van der Waals surface area contributed by atoms with E-state index >= 15 is 0 Å². The lowest BCUT2D eigenvalue weighted by atomic mass is 10.2. The molecule has 0 unspecified atom stereocenters. The van der Waals surface area contributed by atoms with Crippen LogP contribution >= 0.6 is 0 Å². The molecule has 1 aromatic heterocycles. The Hall–Kier alpha value is -2.43. The van der Waals surface area contributed by atoms with Crippen molar-refractivity contribution in [1.29, 1.82) is 0 Å². The summed E-state index contributed by atoms with van der Waals surface area (Å²) in [6.07, 6.45) is 0. The zero-order valence-corrected chi connectivity index (χ0v) is 9.98. The van der Waals surface area contributed by atoms with Crippen molar-refractivity contribution >= 4 is 17.0 Å². The summed E-state index contributed by atoms with van der Waals surface area (Å²) in [7, 11) is 0. The SMILES string of the molecule is Nc1nc2c(F)cccc2n1Cc1cccc(F)c1. The Morgan fingerprint density at radius 1 is 1.11 bits per heavy atom. The summed E-state index contributed by atoms with van der Waals surface area (Å²) in [6, 6.07) is 10.9. The van der Waals surface area contributed by atoms with Crippen LogP contribution in [0, 0.1) is 11.6 Å². The van der Waals surface area contributed by atoms with Gasteiger partial charge in [0.05, 0.1) is 12.1 Å². The van der Waals surface area contributed by atoms with E-state index in [1.807, 2.05) is 0 Å². The van der Waals surface area contributed by atoms with Crippen molar-refractivity contribution in [2.45, 2.75) is 6.54 Å². The Labute approximate surface area is 108 Å². The maximum atomic E-state index is 13.6. The van der Waals surface area contributed by atoms with Crippen LogP contribution in [-0.4, -0.2) is 9.55 Å². The standard InChI is InChI=1S/C14H11F2N3/c15-10-4-1-3-9(7-10)8-19-12-6-2-5-11(16)13(12)18-14(19)17/h1-7H,8H2,(H2,17,18). The van der Waals surface area contributed by atoms with E-state index in [-0.39, 0.29) is 17.3 Å². The summed E-state index contributed by atoms with van der Waals surface area (Å²) in [6.45, 7) is 0.351. The molecule has 0 amide bonds. The predicted molar refractivity (Wildman–Crippen MR) is 69.6 cm³/mol. The number of hydrogen-bond donors (Lipinski definition) is 1. The molecule has 3 nitrogen and oxygen atoms in total. The fourth-order valence-corrected chi connectivity index (χ4v) is 2.11. The molecular weight excluding hydrogens is 248 g/mol. The predicted octanol–water partition coefficient (Wildman–Crippen LogP) is 2.95. The average molecular weight is 259 g/mol. The quantitative estimate of drug-likeness (QED) is 0.769. The smallest absolute Gasteiger partial charge is 0.201 e. The number of para-hydroxylation sites is 1. The normalized spacial score (nSPS) is 11.1. The molecule has 19 heavy (non-hydrogen) atoms. The van der Waals surface area contributed by atoms with Gasteiger partial charge in [-0.15, -0.1) is 0 Å². The second-order valence-electron chi connectivity index (χ2n) is 4.29. The third-order valence-corrected chi connectivity index (χ3v) is 2.99. The number of imidazole rings is 1. The van der Waals surface area contributed by atoms with Crippen molar-refractivity contribution in [2.75, 3.05) is 5.73 Å². The Bertz CT molecular complexity index is 750. The van der Waals surface area contributed by atoms with Gasteiger partial charge in [0.2, 0.25) is 5.95 Å². The number of aromatic nitrogens is 2. The summed E-state index contributed by atoms with van der Waals surface area (Å²) in [5.41, 5.74) is 7.38. The number of fused-ring (bicyclic) bond motifs is 1. The van der Waals surface area contributed by atoms with Gasteiger partial charge in [0.25, 0.3) is 0 Å². The van der Waals surface area contributed by atoms with E-state index in [9.17, 15) is 8.78 Å². The zero-order valence-electron chi connectivity index (χ0n) is 9.98. The molecular formula is C14H11F2N3. The molecule has 0 bridgehead atoms. The summed E-state index contributed by atoms with van der Waals surface area (Å²) in [5.74, 6) is -0.516. The minimum atomic E-state index is -0.415. The first-order valence-electron chi connectivity index (χ1n) is 5.80. The van der Waals surface area contributed by atoms with E-state index < -0.39 is 5.82 Å². The molecule has 96 valence electrons. The number of benzene rings is 2. The maximum Gasteiger partial charge on any atom is 0.201 e. The monoisotopic (exact) mass is 259 g/mol. The van der Waals surface area contributed by atoms with Gasteiger partial charge in [-0.3, -0.25) is 0 Å². The first-order chi connectivity index (χ1) is 9.15. The molecule has 0 aliphatic heterocycles. The Kier molecular flexibility index (Phi) is 2.67. The lowest BCUT2D eigenvalue weighted by molar-refractivity contribution is 0.624. The largest absolute Gasteiger partial charge is 0.369 e. The molecule has 0 aliphatic rings. The number of anilines is 1. The van der Waals surface area contributed by atoms with Gasteiger partial charge in [-0.25, -0.2) is 13.8 Å². The van der Waals surface area contributed by atoms with Crippen LogP contribution in [0.3, 0.4) is 0 Å². The van der Waals surface area contributed by atoms with E-state index in [2.05, 4.69) is 4.98 Å². The van der Waals surface area contributed by atoms with Gasteiger partial charge in [-0.1, -0.05) is 18.2 Å². The average Bonchev–Trinajstić information content (AvgIpc) is 2.69. The molecule has 0 aliphatic carbocycles. The van der Waals surface area contributed by atoms with Crippen molar-refractivity contribution < 1.29 is 8.78 Å². The van der Waals surface area contributed by atoms with E-state index in [1.165, 1.54) is 18.2 Å². The first kappa shape index (κ1) is 11.6. The number of hydrogen-bond acceptors (Lipinski definition) is 2. The van der Waals surface area contributed by atoms with Crippen LogP contribution in [0.5, 0.6) is 0 Å². The molecule has 5 heteroatoms. The summed E-state index contributed by atoms with van der Waals surface area (Å²) < 4.78 is 28.4. The molecule has 1 heterocycles. The lowest BCUT2D eigenvalue weighted by Gasteiger charge is -2.06. The number of nitrogen functional groups attached to an aromatic ring is 1. The van der Waals surface area contributed by atoms with Crippen LogP contribution in [0.2, 0.25) is 0 Å². The van der Waals surface area contributed by atoms with E-state index in [4.69, 9.17) is 5.73 Å². The van der Waals surface area contributed by atoms with Crippen LogP contribution in [0.4, 0.5) is 14.7 Å². The highest BCUT2D eigenvalue weighted by Gasteiger charge is 2.11. The van der Waals surface area contributed by atoms with Gasteiger partial charge in [0, 0.05) is 0 Å². The molecule has 0 fully saturated rings. The van der Waals surface area contributed by atoms with Gasteiger partial charge in [-0.05, 0) is 29.8 Å². The Morgan fingerprint density at radius 3 is 2.68 bits per heavy atom. The maximum absolute atomic E-state index is 13.6. The van der Waals surface area contributed by atoms with Crippen LogP contribution in [0.25, 0.3) is 11.0 Å². The molecule has 0 atom stereocenters. The second kappa shape index (κ2) is 4.35. The van der Waals surface area contributed by atoms with E-state index in [1.54, 1.807) is 28.8 Å². The van der Waals surface area contributed by atoms with Crippen molar-refractivity contribution in [3.05, 3.63) is 59.7 Å². The van der Waals surface area contributed by atoms with Crippen molar-refractivity contribution in [3.63, 3.8) is 0 Å². The molecule has 0 radical (unpaired) electrons. The summed E-state index contributed by atoms with van der Waals surface area (Å²) in [5, 5.41) is 0. The fraction of sp³-hybridized carbons (Fsp3) is 0.0714. The van der Waals surface area contributed by atoms with E-state index in [0.29, 0.717) is 12.1 Å². The van der Waals surface area contributed by atoms with Crippen LogP contribution in [0.1, 0.15) is 5.56 Å². The number of rotatable bonds is 2. The third-order valence-electron chi connectivity index (χ3n) is 2.99. The number of halogens is 2. The van der Waals surface area contributed by atoms with Gasteiger partial charge < -0.3 is 10.3 Å². The minimum Gasteiger partial charge on any atom is -0.369 e. The molecule has 2 aromatic carbocycles. The zero-order chi connectivity index (χ0) is 13.4. The van der Waals surface area contributed by atoms with Crippen LogP contribution in [-0.2, 0) is 6.54 Å². The Morgan fingerprint density at radius 2 is 1.89 bits per heavy atom. The topological polar surface area (TPSA) is 43.8 Å². The van der Waals surface area contributed by atoms with Crippen molar-refractivity contribution in [2.24, 2.45) is 0 Å². The third kappa shape index (κ3) is 2.03. The van der Waals surface area contributed by atoms with Gasteiger partial charge in [-0.2, -0.15) is 0 Å². The molecule has 3 aromatic rings. The molecule has 0 spiro atoms. The second-order valence-corrected chi connectivity index (χ2v) is 4.29. The highest BCUT2D eigenvalue weighted by Crippen LogP contribution is 2.21. The van der Waals surface area contributed by atoms with Crippen LogP contribution < -0.4 is 5.73 Å². The molecule has 3 rings (SSSR count). The van der Waals surface area contributed by atoms with Crippen LogP contribution in [0.15, 0.2) is 42.5 Å². The summed E-state index contributed by atoms with van der Waals surface area (Å²) >= 11 is 0. The number of nitrogens with two attached hydrogens (primary N) is 1. The lowest BCUT2D eigenvalue weighted by Crippen LogP contribution is -2.04. The fourth-order valence-electron chi connectivity index (χ4n) is 2.11. The van der Waals surface area contributed by atoms with Gasteiger partial charge in [0.15, 0.2) is 5.82 Å². The number of nitrogens with zero attached hydrogens (tertiary/aromatic N) is 2. The Balaban J connectivity index is 2.10. The molecule has 0 saturated heterocycles. The van der Waals surface area contributed by atoms with Gasteiger partial charge in [0.1, 0.15) is 11.3 Å². The minimum absolute atomic E-state index is 0.212. The van der Waals surface area contributed by atoms with Gasteiger partial charge >= 0.3 is 0 Å². The first-order valence-corrected chi connectivity index (χ1v) is 5.80. The van der Waals surface area contributed by atoms with Crippen molar-refractivity contribution in [1.82, 2.24) is 9.55 Å². The highest BCUT2D eigenvalue weighted by atomic mass is 19.1.